The molecule has 4 rings (SSSR count). The monoisotopic (exact) mass is 310 g/mol. The van der Waals surface area contributed by atoms with Crippen molar-refractivity contribution in [3.63, 3.8) is 0 Å². The van der Waals surface area contributed by atoms with Crippen LogP contribution in [0.2, 0.25) is 0 Å². The highest BCUT2D eigenvalue weighted by Crippen LogP contribution is 2.32. The lowest BCUT2D eigenvalue weighted by atomic mass is 9.93. The average molecular weight is 310 g/mol. The van der Waals surface area contributed by atoms with Crippen LogP contribution in [0, 0.1) is 6.92 Å². The Balaban J connectivity index is 1.56. The van der Waals surface area contributed by atoms with Gasteiger partial charge < -0.3 is 9.88 Å². The molecule has 0 saturated carbocycles. The number of H-pyrrole nitrogens is 1. The Kier molecular flexibility index (Phi) is 3.52. The Morgan fingerprint density at radius 2 is 2.04 bits per heavy atom. The molecule has 1 aliphatic rings. The highest BCUT2D eigenvalue weighted by molar-refractivity contribution is 5.87. The summed E-state index contributed by atoms with van der Waals surface area (Å²) in [5.74, 6) is 2.48. The summed E-state index contributed by atoms with van der Waals surface area (Å²) in [6.45, 7) is 7.10. The van der Waals surface area contributed by atoms with Gasteiger partial charge in [0.25, 0.3) is 0 Å². The Morgan fingerprint density at radius 3 is 2.83 bits per heavy atom. The van der Waals surface area contributed by atoms with Crippen LogP contribution in [0.5, 0.6) is 0 Å². The van der Waals surface area contributed by atoms with Gasteiger partial charge in [0.1, 0.15) is 17.3 Å². The lowest BCUT2D eigenvalue weighted by Crippen LogP contribution is -2.34. The van der Waals surface area contributed by atoms with E-state index in [9.17, 15) is 0 Å². The van der Waals surface area contributed by atoms with Crippen molar-refractivity contribution >= 4 is 16.9 Å². The molecule has 4 heterocycles. The summed E-state index contributed by atoms with van der Waals surface area (Å²) >= 11 is 0. The molecule has 1 fully saturated rings. The van der Waals surface area contributed by atoms with Gasteiger partial charge in [0, 0.05) is 43.6 Å². The topological polar surface area (TPSA) is 62.6 Å². The van der Waals surface area contributed by atoms with Crippen molar-refractivity contribution < 1.29 is 0 Å². The first-order valence-electron chi connectivity index (χ1n) is 8.34. The number of nitrogens with one attached hydrogen (secondary N) is 1. The van der Waals surface area contributed by atoms with E-state index in [0.29, 0.717) is 5.92 Å². The van der Waals surface area contributed by atoms with E-state index in [-0.39, 0.29) is 0 Å². The van der Waals surface area contributed by atoms with E-state index in [4.69, 9.17) is 4.98 Å². The van der Waals surface area contributed by atoms with Gasteiger partial charge in [-0.05, 0) is 38.8 Å². The molecule has 1 saturated heterocycles. The number of aromatic amines is 1. The first-order chi connectivity index (χ1) is 11.3. The van der Waals surface area contributed by atoms with Crippen molar-refractivity contribution in [1.29, 1.82) is 0 Å². The number of anilines is 1. The maximum absolute atomic E-state index is 4.70. The summed E-state index contributed by atoms with van der Waals surface area (Å²) in [6.07, 6.45) is 6.14. The molecule has 6 heteroatoms. The van der Waals surface area contributed by atoms with Crippen molar-refractivity contribution in [1.82, 2.24) is 24.7 Å². The first kappa shape index (κ1) is 14.2. The Morgan fingerprint density at radius 1 is 1.22 bits per heavy atom. The fourth-order valence-corrected chi connectivity index (χ4v) is 3.62. The maximum Gasteiger partial charge on any atom is 0.143 e. The fourth-order valence-electron chi connectivity index (χ4n) is 3.62. The molecule has 1 aliphatic heterocycles. The molecule has 0 aliphatic carbocycles. The van der Waals surface area contributed by atoms with Gasteiger partial charge in [0.2, 0.25) is 0 Å². The van der Waals surface area contributed by atoms with Crippen molar-refractivity contribution in [2.75, 3.05) is 18.0 Å². The Labute approximate surface area is 135 Å². The van der Waals surface area contributed by atoms with Gasteiger partial charge in [-0.25, -0.2) is 9.97 Å². The van der Waals surface area contributed by atoms with Crippen molar-refractivity contribution in [2.24, 2.45) is 0 Å². The molecule has 6 nitrogen and oxygen atoms in total. The van der Waals surface area contributed by atoms with Gasteiger partial charge in [-0.1, -0.05) is 0 Å². The minimum Gasteiger partial charge on any atom is -0.356 e. The number of hydrogen-bond acceptors (Lipinski definition) is 4. The van der Waals surface area contributed by atoms with Crippen LogP contribution in [0.3, 0.4) is 0 Å². The largest absolute Gasteiger partial charge is 0.356 e. The lowest BCUT2D eigenvalue weighted by Gasteiger charge is -2.33. The third-order valence-corrected chi connectivity index (χ3v) is 4.77. The normalized spacial score (nSPS) is 16.3. The summed E-state index contributed by atoms with van der Waals surface area (Å²) < 4.78 is 2.12. The molecular formula is C17H22N6. The molecule has 23 heavy (non-hydrogen) atoms. The van der Waals surface area contributed by atoms with E-state index < -0.39 is 0 Å². The molecule has 0 bridgehead atoms. The van der Waals surface area contributed by atoms with Gasteiger partial charge in [0.15, 0.2) is 0 Å². The van der Waals surface area contributed by atoms with Gasteiger partial charge in [-0.3, -0.25) is 4.68 Å². The minimum atomic E-state index is 0.596. The second kappa shape index (κ2) is 5.68. The van der Waals surface area contributed by atoms with Crippen molar-refractivity contribution in [3.05, 3.63) is 36.0 Å². The highest BCUT2D eigenvalue weighted by atomic mass is 15.3. The molecule has 120 valence electrons. The zero-order valence-corrected chi connectivity index (χ0v) is 13.7. The number of rotatable bonds is 3. The number of fused-ring (bicyclic) bond motifs is 1. The Bertz CT molecular complexity index is 809. The van der Waals surface area contributed by atoms with Crippen LogP contribution in [0.25, 0.3) is 11.0 Å². The summed E-state index contributed by atoms with van der Waals surface area (Å²) in [7, 11) is 0. The summed E-state index contributed by atoms with van der Waals surface area (Å²) in [6, 6.07) is 4.24. The molecule has 0 radical (unpaired) electrons. The zero-order chi connectivity index (χ0) is 15.8. The van der Waals surface area contributed by atoms with Gasteiger partial charge in [-0.15, -0.1) is 0 Å². The van der Waals surface area contributed by atoms with E-state index in [1.807, 2.05) is 19.3 Å². The average Bonchev–Trinajstić information content (AvgIpc) is 3.22. The molecule has 0 unspecified atom stereocenters. The zero-order valence-electron chi connectivity index (χ0n) is 13.7. The van der Waals surface area contributed by atoms with Crippen LogP contribution in [0.4, 0.5) is 5.82 Å². The predicted molar refractivity (Wildman–Crippen MR) is 90.7 cm³/mol. The van der Waals surface area contributed by atoms with E-state index in [2.05, 4.69) is 43.7 Å². The van der Waals surface area contributed by atoms with Crippen LogP contribution in [0.1, 0.15) is 37.2 Å². The van der Waals surface area contributed by atoms with Crippen LogP contribution in [-0.4, -0.2) is 37.8 Å². The van der Waals surface area contributed by atoms with E-state index in [1.54, 1.807) is 0 Å². The molecule has 1 N–H and O–H groups in total. The van der Waals surface area contributed by atoms with Gasteiger partial charge in [-0.2, -0.15) is 5.10 Å². The van der Waals surface area contributed by atoms with Gasteiger partial charge >= 0.3 is 0 Å². The number of hydrogen-bond donors (Lipinski definition) is 1. The molecule has 0 atom stereocenters. The number of piperidine rings is 1. The molecular weight excluding hydrogens is 288 g/mol. The number of aromatic nitrogens is 5. The second-order valence-corrected chi connectivity index (χ2v) is 6.17. The summed E-state index contributed by atoms with van der Waals surface area (Å²) in [5, 5.41) is 5.53. The van der Waals surface area contributed by atoms with Crippen LogP contribution >= 0.6 is 0 Å². The SMILES string of the molecule is CCn1nccc1C1CCN(c2nc(C)nc3[nH]ccc23)CC1. The van der Waals surface area contributed by atoms with Crippen LogP contribution in [0.15, 0.2) is 24.5 Å². The minimum absolute atomic E-state index is 0.596. The molecule has 3 aromatic heterocycles. The first-order valence-corrected chi connectivity index (χ1v) is 8.34. The molecule has 3 aromatic rings. The smallest absolute Gasteiger partial charge is 0.143 e. The van der Waals surface area contributed by atoms with Crippen molar-refractivity contribution in [2.45, 2.75) is 39.2 Å². The molecule has 0 spiro atoms. The van der Waals surface area contributed by atoms with E-state index >= 15 is 0 Å². The third-order valence-electron chi connectivity index (χ3n) is 4.77. The Hall–Kier alpha value is -2.37. The van der Waals surface area contributed by atoms with E-state index in [1.165, 1.54) is 5.69 Å². The van der Waals surface area contributed by atoms with Crippen molar-refractivity contribution in [3.8, 4) is 0 Å². The molecule has 0 amide bonds. The molecule has 0 aromatic carbocycles. The van der Waals surface area contributed by atoms with Gasteiger partial charge in [0.05, 0.1) is 5.39 Å². The highest BCUT2D eigenvalue weighted by Gasteiger charge is 2.25. The maximum atomic E-state index is 4.70. The summed E-state index contributed by atoms with van der Waals surface area (Å²) in [4.78, 5) is 14.8. The second-order valence-electron chi connectivity index (χ2n) is 6.17. The number of aryl methyl sites for hydroxylation is 2. The van der Waals surface area contributed by atoms with Crippen LogP contribution < -0.4 is 4.90 Å². The third kappa shape index (κ3) is 2.48. The standard InChI is InChI=1S/C17H22N6/c1-3-23-15(5-9-19-23)13-6-10-22(11-7-13)17-14-4-8-18-16(14)20-12(2)21-17/h4-5,8-9,13H,3,6-7,10-11H2,1-2H3,(H,18,20,21). The quantitative estimate of drug-likeness (QED) is 0.808. The number of nitrogens with zero attached hydrogens (tertiary/aromatic N) is 5. The fraction of sp³-hybridized carbons (Fsp3) is 0.471. The van der Waals surface area contributed by atoms with Crippen LogP contribution in [-0.2, 0) is 6.54 Å². The summed E-state index contributed by atoms with van der Waals surface area (Å²) in [5.41, 5.74) is 2.30. The predicted octanol–water partition coefficient (Wildman–Crippen LogP) is 2.87. The lowest BCUT2D eigenvalue weighted by molar-refractivity contribution is 0.465. The van der Waals surface area contributed by atoms with E-state index in [0.717, 1.165) is 55.2 Å².